The maximum atomic E-state index is 12.0. The van der Waals surface area contributed by atoms with Gasteiger partial charge >= 0.3 is 5.00 Å². The first kappa shape index (κ1) is 14.9. The Morgan fingerprint density at radius 1 is 1.35 bits per heavy atom. The van der Waals surface area contributed by atoms with Crippen LogP contribution in [0.3, 0.4) is 0 Å². The normalized spacial score (nSPS) is 10.6. The summed E-state index contributed by atoms with van der Waals surface area (Å²) in [6.07, 6.45) is 1.13. The molecule has 0 saturated carbocycles. The molecule has 2 heterocycles. The number of anilines is 2. The molecule has 9 heteroatoms. The monoisotopic (exact) mass is 329 g/mol. The molecule has 23 heavy (non-hydrogen) atoms. The number of thiazole rings is 1. The molecule has 0 radical (unpaired) electrons. The highest BCUT2D eigenvalue weighted by molar-refractivity contribution is 7.18. The molecule has 0 fully saturated rings. The van der Waals surface area contributed by atoms with Crippen LogP contribution in [0.25, 0.3) is 10.9 Å². The van der Waals surface area contributed by atoms with E-state index in [1.54, 1.807) is 12.1 Å². The minimum absolute atomic E-state index is 0.0254. The number of pyridine rings is 1. The number of carbonyl (C=O) groups is 1. The van der Waals surface area contributed by atoms with E-state index in [2.05, 4.69) is 15.3 Å². The first-order chi connectivity index (χ1) is 11.0. The summed E-state index contributed by atoms with van der Waals surface area (Å²) in [5.74, 6) is -0.351. The Balaban J connectivity index is 1.74. The third kappa shape index (κ3) is 3.24. The topological polar surface area (TPSA) is 124 Å². The van der Waals surface area contributed by atoms with Crippen molar-refractivity contribution >= 4 is 44.0 Å². The molecule has 0 bridgehead atoms. The van der Waals surface area contributed by atoms with Crippen molar-refractivity contribution in [2.45, 2.75) is 6.42 Å². The second-order valence-electron chi connectivity index (χ2n) is 4.71. The lowest BCUT2D eigenvalue weighted by Gasteiger charge is -2.05. The number of hydrogen-bond donors (Lipinski definition) is 2. The van der Waals surface area contributed by atoms with E-state index in [4.69, 9.17) is 5.73 Å². The van der Waals surface area contributed by atoms with Gasteiger partial charge in [-0.1, -0.05) is 18.2 Å². The highest BCUT2D eigenvalue weighted by atomic mass is 32.1. The fraction of sp³-hybridized carbons (Fsp3) is 0.0714. The minimum Gasteiger partial charge on any atom is -0.397 e. The number of nitrogens with zero attached hydrogens (tertiary/aromatic N) is 3. The first-order valence-corrected chi connectivity index (χ1v) is 7.39. The number of para-hydroxylation sites is 1. The lowest BCUT2D eigenvalue weighted by molar-refractivity contribution is -0.380. The van der Waals surface area contributed by atoms with Crippen molar-refractivity contribution in [3.63, 3.8) is 0 Å². The molecule has 116 valence electrons. The number of fused-ring (bicyclic) bond motifs is 1. The van der Waals surface area contributed by atoms with Crippen LogP contribution in [0, 0.1) is 10.1 Å². The Kier molecular flexibility index (Phi) is 3.85. The van der Waals surface area contributed by atoms with Gasteiger partial charge < -0.3 is 11.1 Å². The molecule has 0 unspecified atom stereocenters. The molecular formula is C14H11N5O3S. The smallest absolute Gasteiger partial charge is 0.345 e. The van der Waals surface area contributed by atoms with E-state index in [9.17, 15) is 14.9 Å². The van der Waals surface area contributed by atoms with Crippen molar-refractivity contribution in [1.29, 1.82) is 0 Å². The molecule has 8 nitrogen and oxygen atoms in total. The average Bonchev–Trinajstić information content (AvgIpc) is 2.97. The Hall–Kier alpha value is -3.07. The van der Waals surface area contributed by atoms with E-state index >= 15 is 0 Å². The van der Waals surface area contributed by atoms with Crippen molar-refractivity contribution in [1.82, 2.24) is 9.97 Å². The van der Waals surface area contributed by atoms with Gasteiger partial charge in [0.1, 0.15) is 6.20 Å². The summed E-state index contributed by atoms with van der Waals surface area (Å²) in [6, 6.07) is 9.05. The van der Waals surface area contributed by atoms with Gasteiger partial charge in [-0.3, -0.25) is 19.9 Å². The number of nitro groups is 1. The summed E-state index contributed by atoms with van der Waals surface area (Å²) < 4.78 is 0. The van der Waals surface area contributed by atoms with Gasteiger partial charge in [0.25, 0.3) is 0 Å². The number of nitrogens with one attached hydrogen (secondary N) is 1. The number of benzene rings is 1. The van der Waals surface area contributed by atoms with Crippen LogP contribution in [-0.4, -0.2) is 20.8 Å². The van der Waals surface area contributed by atoms with Crippen LogP contribution in [0.1, 0.15) is 5.69 Å². The number of nitrogen functional groups attached to an aromatic ring is 1. The molecule has 0 aliphatic heterocycles. The summed E-state index contributed by atoms with van der Waals surface area (Å²) in [7, 11) is 0. The van der Waals surface area contributed by atoms with Crippen LogP contribution in [0.2, 0.25) is 0 Å². The van der Waals surface area contributed by atoms with E-state index < -0.39 is 4.92 Å². The lowest BCUT2D eigenvalue weighted by atomic mass is 10.1. The van der Waals surface area contributed by atoms with Gasteiger partial charge in [-0.2, -0.15) is 0 Å². The number of hydrogen-bond acceptors (Lipinski definition) is 7. The van der Waals surface area contributed by atoms with E-state index in [0.717, 1.165) is 22.9 Å². The van der Waals surface area contributed by atoms with Crippen molar-refractivity contribution in [2.75, 3.05) is 11.1 Å². The molecule has 0 aliphatic rings. The van der Waals surface area contributed by atoms with Crippen LogP contribution in [0.5, 0.6) is 0 Å². The SMILES string of the molecule is Nc1cccc2ccc(CC(=O)Nc3ncc([N+](=O)[O-])s3)nc12. The molecule has 3 aromatic rings. The molecule has 2 aromatic heterocycles. The summed E-state index contributed by atoms with van der Waals surface area (Å²) in [4.78, 5) is 30.2. The highest BCUT2D eigenvalue weighted by Gasteiger charge is 2.14. The average molecular weight is 329 g/mol. The second-order valence-corrected chi connectivity index (χ2v) is 5.72. The number of aromatic nitrogens is 2. The predicted molar refractivity (Wildman–Crippen MR) is 87.3 cm³/mol. The molecular weight excluding hydrogens is 318 g/mol. The Bertz CT molecular complexity index is 908. The zero-order valence-corrected chi connectivity index (χ0v) is 12.5. The Labute approximate surface area is 134 Å². The molecule has 1 aromatic carbocycles. The van der Waals surface area contributed by atoms with Gasteiger partial charge in [0.2, 0.25) is 5.91 Å². The number of rotatable bonds is 4. The Morgan fingerprint density at radius 3 is 2.91 bits per heavy atom. The van der Waals surface area contributed by atoms with E-state index in [-0.39, 0.29) is 22.5 Å². The Morgan fingerprint density at radius 2 is 2.17 bits per heavy atom. The van der Waals surface area contributed by atoms with E-state index in [1.807, 2.05) is 18.2 Å². The van der Waals surface area contributed by atoms with Gasteiger partial charge in [0.15, 0.2) is 5.13 Å². The zero-order valence-electron chi connectivity index (χ0n) is 11.7. The standard InChI is InChI=1S/C14H11N5O3S/c15-10-3-1-2-8-4-5-9(17-13(8)10)6-11(20)18-14-16-7-12(23-14)19(21)22/h1-5,7H,6,15H2,(H,16,18,20). The van der Waals surface area contributed by atoms with Gasteiger partial charge in [0, 0.05) is 5.39 Å². The number of carbonyl (C=O) groups excluding carboxylic acids is 1. The van der Waals surface area contributed by atoms with Crippen molar-refractivity contribution in [2.24, 2.45) is 0 Å². The molecule has 1 amide bonds. The molecule has 0 atom stereocenters. The maximum absolute atomic E-state index is 12.0. The fourth-order valence-corrected chi connectivity index (χ4v) is 2.69. The van der Waals surface area contributed by atoms with Gasteiger partial charge in [-0.25, -0.2) is 4.98 Å². The van der Waals surface area contributed by atoms with Crippen molar-refractivity contribution in [3.8, 4) is 0 Å². The third-order valence-electron chi connectivity index (χ3n) is 3.07. The molecule has 0 spiro atoms. The molecule has 3 rings (SSSR count). The minimum atomic E-state index is -0.555. The van der Waals surface area contributed by atoms with Gasteiger partial charge in [0.05, 0.1) is 28.2 Å². The van der Waals surface area contributed by atoms with E-state index in [0.29, 0.717) is 16.9 Å². The first-order valence-electron chi connectivity index (χ1n) is 6.57. The van der Waals surface area contributed by atoms with Gasteiger partial charge in [-0.05, 0) is 23.5 Å². The van der Waals surface area contributed by atoms with Crippen LogP contribution < -0.4 is 11.1 Å². The summed E-state index contributed by atoms with van der Waals surface area (Å²) in [5.41, 5.74) is 7.61. The maximum Gasteiger partial charge on any atom is 0.345 e. The van der Waals surface area contributed by atoms with Gasteiger partial charge in [-0.15, -0.1) is 0 Å². The molecule has 0 aliphatic carbocycles. The largest absolute Gasteiger partial charge is 0.397 e. The zero-order chi connectivity index (χ0) is 16.4. The van der Waals surface area contributed by atoms with E-state index in [1.165, 1.54) is 0 Å². The second kappa shape index (κ2) is 5.97. The fourth-order valence-electron chi connectivity index (χ4n) is 2.04. The number of nitrogens with two attached hydrogens (primary N) is 1. The quantitative estimate of drug-likeness (QED) is 0.430. The van der Waals surface area contributed by atoms with Crippen LogP contribution in [-0.2, 0) is 11.2 Å². The van der Waals surface area contributed by atoms with Crippen LogP contribution in [0.15, 0.2) is 36.5 Å². The summed E-state index contributed by atoms with van der Waals surface area (Å²) in [5, 5.41) is 14.1. The summed E-state index contributed by atoms with van der Waals surface area (Å²) >= 11 is 0.802. The summed E-state index contributed by atoms with van der Waals surface area (Å²) in [6.45, 7) is 0. The lowest BCUT2D eigenvalue weighted by Crippen LogP contribution is -2.15. The predicted octanol–water partition coefficient (Wildman–Crippen LogP) is 2.36. The van der Waals surface area contributed by atoms with Crippen molar-refractivity contribution in [3.05, 3.63) is 52.3 Å². The number of amides is 1. The van der Waals surface area contributed by atoms with Crippen LogP contribution in [0.4, 0.5) is 15.8 Å². The van der Waals surface area contributed by atoms with Crippen molar-refractivity contribution < 1.29 is 9.72 Å². The van der Waals surface area contributed by atoms with Crippen LogP contribution >= 0.6 is 11.3 Å². The molecule has 0 saturated heterocycles. The highest BCUT2D eigenvalue weighted by Crippen LogP contribution is 2.25. The molecule has 3 N–H and O–H groups in total. The third-order valence-corrected chi connectivity index (χ3v) is 3.94.